The minimum atomic E-state index is -3.09. The highest BCUT2D eigenvalue weighted by Crippen LogP contribution is 2.05. The van der Waals surface area contributed by atoms with E-state index in [0.29, 0.717) is 26.2 Å². The number of nitrogens with zero attached hydrogens (tertiary/aromatic N) is 3. The molecule has 7 heteroatoms. The Morgan fingerprint density at radius 3 is 2.00 bits per heavy atom. The molecule has 70 valence electrons. The minimum absolute atomic E-state index is 0.352. The van der Waals surface area contributed by atoms with Crippen LogP contribution in [0.5, 0.6) is 0 Å². The van der Waals surface area contributed by atoms with Crippen molar-refractivity contribution in [1.82, 2.24) is 9.31 Å². The molecule has 1 fully saturated rings. The summed E-state index contributed by atoms with van der Waals surface area (Å²) in [6, 6.07) is 0. The van der Waals surface area contributed by atoms with E-state index in [1.54, 1.807) is 0 Å². The Morgan fingerprint density at radius 1 is 1.17 bits per heavy atom. The molecule has 1 aliphatic rings. The molecular weight excluding hydrogens is 182 g/mol. The molecule has 0 N–H and O–H groups in total. The van der Waals surface area contributed by atoms with Crippen LogP contribution in [0.4, 0.5) is 0 Å². The van der Waals surface area contributed by atoms with Crippen molar-refractivity contribution >= 4 is 10.0 Å². The van der Waals surface area contributed by atoms with E-state index >= 15 is 0 Å². The summed E-state index contributed by atoms with van der Waals surface area (Å²) in [6.45, 7) is 1.47. The third-order valence-electron chi connectivity index (χ3n) is 1.80. The molecule has 12 heavy (non-hydrogen) atoms. The van der Waals surface area contributed by atoms with Crippen molar-refractivity contribution in [2.75, 3.05) is 32.4 Å². The summed E-state index contributed by atoms with van der Waals surface area (Å²) < 4.78 is 23.3. The summed E-state index contributed by atoms with van der Waals surface area (Å²) in [6.07, 6.45) is 1.16. The number of nitroso groups, excluding NO2 is 1. The second-order valence-electron chi connectivity index (χ2n) is 2.70. The van der Waals surface area contributed by atoms with Gasteiger partial charge in [0.05, 0.1) is 24.6 Å². The molecule has 0 aliphatic carbocycles. The summed E-state index contributed by atoms with van der Waals surface area (Å²) in [5.41, 5.74) is 0. The molecule has 0 amide bonds. The second-order valence-corrected chi connectivity index (χ2v) is 4.68. The largest absolute Gasteiger partial charge is 0.258 e. The van der Waals surface area contributed by atoms with Crippen molar-refractivity contribution in [3.63, 3.8) is 0 Å². The number of sulfonamides is 1. The van der Waals surface area contributed by atoms with Gasteiger partial charge in [-0.15, -0.1) is 4.91 Å². The molecule has 0 atom stereocenters. The summed E-state index contributed by atoms with van der Waals surface area (Å²) in [5, 5.41) is 4.05. The van der Waals surface area contributed by atoms with Gasteiger partial charge in [0, 0.05) is 13.1 Å². The maximum Gasteiger partial charge on any atom is 0.211 e. The Balaban J connectivity index is 2.52. The van der Waals surface area contributed by atoms with Crippen molar-refractivity contribution in [2.24, 2.45) is 5.29 Å². The number of piperazine rings is 1. The van der Waals surface area contributed by atoms with E-state index in [-0.39, 0.29) is 0 Å². The van der Waals surface area contributed by atoms with Gasteiger partial charge in [0.25, 0.3) is 0 Å². The van der Waals surface area contributed by atoms with Crippen LogP contribution in [0.25, 0.3) is 0 Å². The molecule has 1 rings (SSSR count). The molecule has 0 bridgehead atoms. The van der Waals surface area contributed by atoms with Gasteiger partial charge in [-0.1, -0.05) is 0 Å². The molecule has 1 saturated heterocycles. The fraction of sp³-hybridized carbons (Fsp3) is 1.00. The Hall–Kier alpha value is -0.690. The smallest absolute Gasteiger partial charge is 0.211 e. The molecule has 6 nitrogen and oxygen atoms in total. The van der Waals surface area contributed by atoms with Gasteiger partial charge in [-0.3, -0.25) is 5.01 Å². The zero-order chi connectivity index (χ0) is 9.19. The summed E-state index contributed by atoms with van der Waals surface area (Å²) in [5.74, 6) is 0. The molecule has 0 spiro atoms. The summed E-state index contributed by atoms with van der Waals surface area (Å²) >= 11 is 0. The molecule has 0 aromatic carbocycles. The van der Waals surface area contributed by atoms with Crippen LogP contribution in [0.3, 0.4) is 0 Å². The van der Waals surface area contributed by atoms with Crippen LogP contribution in [-0.4, -0.2) is 50.2 Å². The SMILES string of the molecule is CS(=O)(=O)N1CCN(N=O)CC1. The lowest BCUT2D eigenvalue weighted by Gasteiger charge is -2.29. The lowest BCUT2D eigenvalue weighted by atomic mass is 10.4. The van der Waals surface area contributed by atoms with Crippen LogP contribution in [-0.2, 0) is 10.0 Å². The highest BCUT2D eigenvalue weighted by molar-refractivity contribution is 7.88. The van der Waals surface area contributed by atoms with Crippen molar-refractivity contribution in [2.45, 2.75) is 0 Å². The number of hydrogen-bond donors (Lipinski definition) is 0. The lowest BCUT2D eigenvalue weighted by Crippen LogP contribution is -2.46. The van der Waals surface area contributed by atoms with E-state index in [0.717, 1.165) is 6.26 Å². The van der Waals surface area contributed by atoms with Gasteiger partial charge in [0.15, 0.2) is 0 Å². The van der Waals surface area contributed by atoms with Crippen molar-refractivity contribution in [3.8, 4) is 0 Å². The molecule has 0 saturated carbocycles. The third kappa shape index (κ3) is 2.15. The monoisotopic (exact) mass is 193 g/mol. The van der Waals surface area contributed by atoms with E-state index in [2.05, 4.69) is 5.29 Å². The van der Waals surface area contributed by atoms with Crippen LogP contribution in [0.2, 0.25) is 0 Å². The highest BCUT2D eigenvalue weighted by Gasteiger charge is 2.22. The van der Waals surface area contributed by atoms with Gasteiger partial charge in [-0.2, -0.15) is 4.31 Å². The molecule has 0 radical (unpaired) electrons. The summed E-state index contributed by atoms with van der Waals surface area (Å²) in [7, 11) is -3.09. The van der Waals surface area contributed by atoms with Gasteiger partial charge >= 0.3 is 0 Å². The van der Waals surface area contributed by atoms with Crippen molar-refractivity contribution < 1.29 is 8.42 Å². The molecule has 1 aliphatic heterocycles. The first-order valence-corrected chi connectivity index (χ1v) is 5.42. The average Bonchev–Trinajstić information content (AvgIpc) is 2.03. The first-order chi connectivity index (χ1) is 5.54. The van der Waals surface area contributed by atoms with Crippen LogP contribution in [0, 0.1) is 4.91 Å². The highest BCUT2D eigenvalue weighted by atomic mass is 32.2. The fourth-order valence-corrected chi connectivity index (χ4v) is 1.92. The number of rotatable bonds is 2. The lowest BCUT2D eigenvalue weighted by molar-refractivity contribution is 0.193. The maximum absolute atomic E-state index is 11.0. The van der Waals surface area contributed by atoms with Crippen LogP contribution >= 0.6 is 0 Å². The summed E-state index contributed by atoms with van der Waals surface area (Å²) in [4.78, 5) is 10.0. The molecule has 0 unspecified atom stereocenters. The predicted octanol–water partition coefficient (Wildman–Crippen LogP) is -0.755. The fourth-order valence-electron chi connectivity index (χ4n) is 1.09. The van der Waals surface area contributed by atoms with E-state index in [4.69, 9.17) is 0 Å². The molecular formula is C5H11N3O3S. The normalized spacial score (nSPS) is 20.9. The van der Waals surface area contributed by atoms with E-state index in [1.165, 1.54) is 9.31 Å². The quantitative estimate of drug-likeness (QED) is 0.541. The van der Waals surface area contributed by atoms with Gasteiger partial charge in [-0.05, 0) is 0 Å². The van der Waals surface area contributed by atoms with Crippen LogP contribution in [0.1, 0.15) is 0 Å². The minimum Gasteiger partial charge on any atom is -0.258 e. The Bertz CT molecular complexity index is 255. The molecule has 0 aromatic rings. The van der Waals surface area contributed by atoms with Gasteiger partial charge in [0.1, 0.15) is 0 Å². The Kier molecular flexibility index (Phi) is 2.63. The van der Waals surface area contributed by atoms with Crippen LogP contribution in [0.15, 0.2) is 5.29 Å². The zero-order valence-electron chi connectivity index (χ0n) is 6.80. The Morgan fingerprint density at radius 2 is 1.67 bits per heavy atom. The Labute approximate surface area is 71.1 Å². The maximum atomic E-state index is 11.0. The topological polar surface area (TPSA) is 70.1 Å². The average molecular weight is 193 g/mol. The number of hydrogen-bond acceptors (Lipinski definition) is 4. The van der Waals surface area contributed by atoms with E-state index in [1.807, 2.05) is 0 Å². The van der Waals surface area contributed by atoms with Gasteiger partial charge in [-0.25, -0.2) is 8.42 Å². The van der Waals surface area contributed by atoms with E-state index in [9.17, 15) is 13.3 Å². The van der Waals surface area contributed by atoms with Gasteiger partial charge < -0.3 is 0 Å². The zero-order valence-corrected chi connectivity index (χ0v) is 7.62. The predicted molar refractivity (Wildman–Crippen MR) is 43.8 cm³/mol. The van der Waals surface area contributed by atoms with Crippen LogP contribution < -0.4 is 0 Å². The standard InChI is InChI=1S/C5H11N3O3S/c1-12(10,11)8-4-2-7(6-9)3-5-8/h2-5H2,1H3. The molecule has 0 aromatic heterocycles. The first-order valence-electron chi connectivity index (χ1n) is 3.57. The van der Waals surface area contributed by atoms with Crippen molar-refractivity contribution in [3.05, 3.63) is 4.91 Å². The van der Waals surface area contributed by atoms with Gasteiger partial charge in [0.2, 0.25) is 10.0 Å². The van der Waals surface area contributed by atoms with E-state index < -0.39 is 10.0 Å². The first kappa shape index (κ1) is 9.40. The molecule has 1 heterocycles. The second kappa shape index (κ2) is 3.36. The van der Waals surface area contributed by atoms with Crippen molar-refractivity contribution in [1.29, 1.82) is 0 Å². The third-order valence-corrected chi connectivity index (χ3v) is 3.10.